The molecule has 1 aromatic rings. The molecule has 1 aromatic carbocycles. The van der Waals surface area contributed by atoms with Crippen molar-refractivity contribution in [3.8, 4) is 0 Å². The third kappa shape index (κ3) is 3.19. The van der Waals surface area contributed by atoms with E-state index in [4.69, 9.17) is 10.7 Å². The lowest BCUT2D eigenvalue weighted by molar-refractivity contribution is -0.119. The van der Waals surface area contributed by atoms with Crippen LogP contribution >= 0.6 is 0 Å². The Hall–Kier alpha value is -2.15. The van der Waals surface area contributed by atoms with Crippen molar-refractivity contribution >= 4 is 17.3 Å². The van der Waals surface area contributed by atoms with Gasteiger partial charge in [-0.05, 0) is 12.1 Å². The maximum absolute atomic E-state index is 13.6. The highest BCUT2D eigenvalue weighted by molar-refractivity contribution is 6.01. The second kappa shape index (κ2) is 5.66. The lowest BCUT2D eigenvalue weighted by Gasteiger charge is -2.08. The summed E-state index contributed by atoms with van der Waals surface area (Å²) in [6, 6.07) is 4.59. The van der Waals surface area contributed by atoms with E-state index in [-0.39, 0.29) is 17.7 Å². The summed E-state index contributed by atoms with van der Waals surface area (Å²) in [6.07, 6.45) is 0.309. The molecular formula is C12H15FN4O2. The van der Waals surface area contributed by atoms with Crippen LogP contribution in [0.15, 0.2) is 23.4 Å². The zero-order chi connectivity index (χ0) is 13.8. The number of nitrogens with zero attached hydrogens (tertiary/aromatic N) is 1. The summed E-state index contributed by atoms with van der Waals surface area (Å²) in [7, 11) is 0. The number of hydrazine groups is 1. The van der Waals surface area contributed by atoms with Crippen molar-refractivity contribution in [3.63, 3.8) is 0 Å². The minimum Gasteiger partial charge on any atom is -0.390 e. The fraction of sp³-hybridized carbons (Fsp3) is 0.333. The molecule has 0 spiro atoms. The largest absolute Gasteiger partial charge is 0.390 e. The van der Waals surface area contributed by atoms with Crippen LogP contribution in [0.4, 0.5) is 10.1 Å². The molecule has 1 aliphatic rings. The van der Waals surface area contributed by atoms with E-state index in [0.717, 1.165) is 0 Å². The number of hydrogen-bond acceptors (Lipinski definition) is 5. The molecule has 0 fully saturated rings. The maximum atomic E-state index is 13.6. The first-order valence-corrected chi connectivity index (χ1v) is 5.84. The van der Waals surface area contributed by atoms with E-state index in [1.165, 1.54) is 19.1 Å². The Morgan fingerprint density at radius 1 is 1.63 bits per heavy atom. The Kier molecular flexibility index (Phi) is 3.96. The van der Waals surface area contributed by atoms with Gasteiger partial charge in [-0.1, -0.05) is 11.2 Å². The number of carbonyl (C=O) groups is 1. The molecule has 0 radical (unpaired) electrons. The van der Waals surface area contributed by atoms with Crippen molar-refractivity contribution in [1.82, 2.24) is 5.32 Å². The van der Waals surface area contributed by atoms with Gasteiger partial charge in [-0.3, -0.25) is 10.6 Å². The lowest BCUT2D eigenvalue weighted by Crippen LogP contribution is -2.30. The number of hydrogen-bond donors (Lipinski definition) is 3. The van der Waals surface area contributed by atoms with Crippen LogP contribution in [0, 0.1) is 5.82 Å². The molecule has 0 aromatic heterocycles. The number of benzene rings is 1. The van der Waals surface area contributed by atoms with Gasteiger partial charge >= 0.3 is 0 Å². The average Bonchev–Trinajstić information content (AvgIpc) is 2.85. The van der Waals surface area contributed by atoms with Gasteiger partial charge in [0, 0.05) is 18.9 Å². The van der Waals surface area contributed by atoms with Gasteiger partial charge in [0.05, 0.1) is 17.9 Å². The summed E-state index contributed by atoms with van der Waals surface area (Å²) in [5.41, 5.74) is 3.77. The standard InChI is InChI=1S/C12H15FN4O2/c1-7(18)15-6-9-5-12(17-19-9)8-2-3-11(16-14)10(13)4-8/h2-4,9,16H,5-6,14H2,1H3,(H,15,18). The fourth-order valence-corrected chi connectivity index (χ4v) is 1.78. The summed E-state index contributed by atoms with van der Waals surface area (Å²) in [5, 5.41) is 6.56. The van der Waals surface area contributed by atoms with Crippen molar-refractivity contribution in [2.24, 2.45) is 11.0 Å². The number of anilines is 1. The number of halogens is 1. The van der Waals surface area contributed by atoms with E-state index in [1.807, 2.05) is 0 Å². The highest BCUT2D eigenvalue weighted by atomic mass is 19.1. The number of nitrogens with one attached hydrogen (secondary N) is 2. The van der Waals surface area contributed by atoms with Gasteiger partial charge in [-0.2, -0.15) is 0 Å². The second-order valence-corrected chi connectivity index (χ2v) is 4.25. The summed E-state index contributed by atoms with van der Waals surface area (Å²) in [5.74, 6) is 4.58. The molecule has 4 N–H and O–H groups in total. The van der Waals surface area contributed by atoms with Crippen LogP contribution < -0.4 is 16.6 Å². The number of rotatable bonds is 4. The average molecular weight is 266 g/mol. The summed E-state index contributed by atoms with van der Waals surface area (Å²) in [4.78, 5) is 16.0. The molecule has 0 bridgehead atoms. The monoisotopic (exact) mass is 266 g/mol. The zero-order valence-electron chi connectivity index (χ0n) is 10.4. The summed E-state index contributed by atoms with van der Waals surface area (Å²) < 4.78 is 13.6. The van der Waals surface area contributed by atoms with E-state index < -0.39 is 5.82 Å². The van der Waals surface area contributed by atoms with E-state index in [0.29, 0.717) is 24.2 Å². The Bertz CT molecular complexity index is 518. The van der Waals surface area contributed by atoms with Crippen molar-refractivity contribution in [2.45, 2.75) is 19.4 Å². The molecule has 0 aliphatic carbocycles. The molecule has 0 saturated heterocycles. The molecule has 19 heavy (non-hydrogen) atoms. The van der Waals surface area contributed by atoms with Gasteiger partial charge in [0.2, 0.25) is 5.91 Å². The van der Waals surface area contributed by atoms with E-state index in [2.05, 4.69) is 15.9 Å². The molecule has 7 heteroatoms. The molecule has 102 valence electrons. The number of oxime groups is 1. The van der Waals surface area contributed by atoms with E-state index >= 15 is 0 Å². The third-order valence-corrected chi connectivity index (χ3v) is 2.77. The van der Waals surface area contributed by atoms with Crippen molar-refractivity contribution in [1.29, 1.82) is 0 Å². The second-order valence-electron chi connectivity index (χ2n) is 4.25. The number of nitrogen functional groups attached to an aromatic ring is 1. The van der Waals surface area contributed by atoms with Crippen LogP contribution in [0.2, 0.25) is 0 Å². The first-order chi connectivity index (χ1) is 9.10. The zero-order valence-corrected chi connectivity index (χ0v) is 10.4. The molecule has 6 nitrogen and oxygen atoms in total. The normalized spacial score (nSPS) is 17.6. The van der Waals surface area contributed by atoms with Crippen molar-refractivity contribution in [2.75, 3.05) is 12.0 Å². The Morgan fingerprint density at radius 3 is 3.05 bits per heavy atom. The maximum Gasteiger partial charge on any atom is 0.217 e. The first-order valence-electron chi connectivity index (χ1n) is 5.84. The first kappa shape index (κ1) is 13.3. The Labute approximate surface area is 109 Å². The summed E-state index contributed by atoms with van der Waals surface area (Å²) >= 11 is 0. The molecule has 1 atom stereocenters. The topological polar surface area (TPSA) is 88.7 Å². The number of amides is 1. The van der Waals surface area contributed by atoms with Gasteiger partial charge in [-0.25, -0.2) is 4.39 Å². The number of carbonyl (C=O) groups excluding carboxylic acids is 1. The van der Waals surface area contributed by atoms with Crippen molar-refractivity contribution < 1.29 is 14.0 Å². The molecule has 1 heterocycles. The van der Waals surface area contributed by atoms with Gasteiger partial charge in [0.15, 0.2) is 0 Å². The van der Waals surface area contributed by atoms with Gasteiger partial charge in [0.1, 0.15) is 11.9 Å². The number of nitrogens with two attached hydrogens (primary N) is 1. The Morgan fingerprint density at radius 2 is 2.42 bits per heavy atom. The molecule has 1 unspecified atom stereocenters. The molecule has 2 rings (SSSR count). The van der Waals surface area contributed by atoms with Gasteiger partial charge in [-0.15, -0.1) is 0 Å². The summed E-state index contributed by atoms with van der Waals surface area (Å²) in [6.45, 7) is 1.82. The van der Waals surface area contributed by atoms with Crippen LogP contribution in [-0.2, 0) is 9.63 Å². The highest BCUT2D eigenvalue weighted by Gasteiger charge is 2.22. The lowest BCUT2D eigenvalue weighted by atomic mass is 10.0. The van der Waals surface area contributed by atoms with Crippen molar-refractivity contribution in [3.05, 3.63) is 29.6 Å². The van der Waals surface area contributed by atoms with E-state index in [1.54, 1.807) is 6.07 Å². The minimum atomic E-state index is -0.451. The van der Waals surface area contributed by atoms with Crippen LogP contribution in [-0.4, -0.2) is 24.3 Å². The predicted molar refractivity (Wildman–Crippen MR) is 68.9 cm³/mol. The molecule has 1 aliphatic heterocycles. The molecular weight excluding hydrogens is 251 g/mol. The predicted octanol–water partition coefficient (Wildman–Crippen LogP) is 0.740. The van der Waals surface area contributed by atoms with Crippen LogP contribution in [0.3, 0.4) is 0 Å². The van der Waals surface area contributed by atoms with Gasteiger partial charge in [0.25, 0.3) is 0 Å². The van der Waals surface area contributed by atoms with Gasteiger partial charge < -0.3 is 15.6 Å². The third-order valence-electron chi connectivity index (χ3n) is 2.77. The minimum absolute atomic E-state index is 0.124. The van der Waals surface area contributed by atoms with Crippen LogP contribution in [0.25, 0.3) is 0 Å². The van der Waals surface area contributed by atoms with Crippen LogP contribution in [0.5, 0.6) is 0 Å². The van der Waals surface area contributed by atoms with E-state index in [9.17, 15) is 9.18 Å². The highest BCUT2D eigenvalue weighted by Crippen LogP contribution is 2.20. The Balaban J connectivity index is 2.00. The van der Waals surface area contributed by atoms with Crippen LogP contribution in [0.1, 0.15) is 18.9 Å². The SMILES string of the molecule is CC(=O)NCC1CC(c2ccc(NN)c(F)c2)=NO1. The molecule has 0 saturated carbocycles. The quantitative estimate of drug-likeness (QED) is 0.554. The molecule has 1 amide bonds. The fourth-order valence-electron chi connectivity index (χ4n) is 1.78. The smallest absolute Gasteiger partial charge is 0.217 e.